The molecule has 1 heterocycles. The van der Waals surface area contributed by atoms with Gasteiger partial charge in [0.2, 0.25) is 11.6 Å². The third kappa shape index (κ3) is 3.75. The van der Waals surface area contributed by atoms with Crippen LogP contribution in [0.1, 0.15) is 16.7 Å². The normalized spacial score (nSPS) is 14.4. The molecule has 0 fully saturated rings. The van der Waals surface area contributed by atoms with Crippen molar-refractivity contribution in [2.75, 3.05) is 21.3 Å². The Labute approximate surface area is 166 Å². The highest BCUT2D eigenvalue weighted by Crippen LogP contribution is 2.39. The van der Waals surface area contributed by atoms with Gasteiger partial charge < -0.3 is 18.9 Å². The first-order valence-corrected chi connectivity index (χ1v) is 8.46. The zero-order valence-electron chi connectivity index (χ0n) is 16.2. The summed E-state index contributed by atoms with van der Waals surface area (Å²) in [5.41, 5.74) is 1.27. The molecule has 9 nitrogen and oxygen atoms in total. The van der Waals surface area contributed by atoms with Gasteiger partial charge in [-0.3, -0.25) is 10.1 Å². The van der Waals surface area contributed by atoms with E-state index >= 15 is 0 Å². The summed E-state index contributed by atoms with van der Waals surface area (Å²) in [4.78, 5) is 27.2. The molecule has 1 aliphatic rings. The lowest BCUT2D eigenvalue weighted by Gasteiger charge is -2.12. The van der Waals surface area contributed by atoms with Gasteiger partial charge in [0.25, 0.3) is 5.69 Å². The number of carbonyl (C=O) groups is 1. The van der Waals surface area contributed by atoms with Crippen LogP contribution in [0.15, 0.2) is 41.0 Å². The van der Waals surface area contributed by atoms with Crippen molar-refractivity contribution >= 4 is 23.6 Å². The van der Waals surface area contributed by atoms with Crippen LogP contribution < -0.4 is 14.2 Å². The highest BCUT2D eigenvalue weighted by molar-refractivity contribution is 6.13. The number of aliphatic imine (C=N–C) groups is 1. The number of ether oxygens (including phenoxy) is 4. The fourth-order valence-corrected chi connectivity index (χ4v) is 2.92. The maximum Gasteiger partial charge on any atom is 0.363 e. The van der Waals surface area contributed by atoms with E-state index < -0.39 is 10.9 Å². The second-order valence-electron chi connectivity index (χ2n) is 6.00. The molecule has 3 rings (SSSR count). The Morgan fingerprint density at radius 3 is 2.31 bits per heavy atom. The maximum atomic E-state index is 12.3. The highest BCUT2D eigenvalue weighted by Gasteiger charge is 2.27. The summed E-state index contributed by atoms with van der Waals surface area (Å²) in [5.74, 6) is 0.602. The maximum absolute atomic E-state index is 12.3. The van der Waals surface area contributed by atoms with Crippen molar-refractivity contribution in [3.8, 4) is 17.2 Å². The number of nitro groups is 1. The van der Waals surface area contributed by atoms with Crippen molar-refractivity contribution in [1.82, 2.24) is 0 Å². The predicted octanol–water partition coefficient (Wildman–Crippen LogP) is 3.27. The minimum atomic E-state index is -0.667. The van der Waals surface area contributed by atoms with Gasteiger partial charge in [0.1, 0.15) is 0 Å². The molecule has 0 saturated heterocycles. The molecule has 2 aromatic carbocycles. The average molecular weight is 398 g/mol. The largest absolute Gasteiger partial charge is 0.493 e. The molecule has 29 heavy (non-hydrogen) atoms. The van der Waals surface area contributed by atoms with E-state index in [2.05, 4.69) is 4.99 Å². The smallest absolute Gasteiger partial charge is 0.363 e. The lowest BCUT2D eigenvalue weighted by Crippen LogP contribution is -2.08. The van der Waals surface area contributed by atoms with Crippen molar-refractivity contribution in [2.45, 2.75) is 6.92 Å². The lowest BCUT2D eigenvalue weighted by atomic mass is 10.1. The lowest BCUT2D eigenvalue weighted by molar-refractivity contribution is -0.385. The van der Waals surface area contributed by atoms with Crippen LogP contribution in [-0.2, 0) is 9.53 Å². The molecule has 0 unspecified atom stereocenters. The Bertz CT molecular complexity index is 1030. The Hall–Kier alpha value is -3.88. The predicted molar refractivity (Wildman–Crippen MR) is 105 cm³/mol. The number of methoxy groups -OCH3 is 3. The van der Waals surface area contributed by atoms with E-state index in [1.54, 1.807) is 25.1 Å². The summed E-state index contributed by atoms with van der Waals surface area (Å²) in [6.07, 6.45) is 1.51. The summed E-state index contributed by atoms with van der Waals surface area (Å²) < 4.78 is 21.1. The minimum Gasteiger partial charge on any atom is -0.493 e. The molecular formula is C20H18N2O7. The molecule has 1 aliphatic heterocycles. The first kappa shape index (κ1) is 19.9. The summed E-state index contributed by atoms with van der Waals surface area (Å²) >= 11 is 0. The second kappa shape index (κ2) is 8.01. The molecular weight excluding hydrogens is 380 g/mol. The fourth-order valence-electron chi connectivity index (χ4n) is 2.92. The monoisotopic (exact) mass is 398 g/mol. The molecule has 150 valence electrons. The van der Waals surface area contributed by atoms with Crippen LogP contribution in [0.3, 0.4) is 0 Å². The number of benzene rings is 2. The first-order valence-electron chi connectivity index (χ1n) is 8.46. The van der Waals surface area contributed by atoms with Crippen LogP contribution in [0.25, 0.3) is 6.08 Å². The molecule has 0 aromatic heterocycles. The van der Waals surface area contributed by atoms with Crippen LogP contribution in [0.2, 0.25) is 0 Å². The van der Waals surface area contributed by atoms with Crippen LogP contribution in [0, 0.1) is 17.0 Å². The molecule has 0 aliphatic carbocycles. The van der Waals surface area contributed by atoms with Crippen molar-refractivity contribution in [2.24, 2.45) is 4.99 Å². The molecule has 0 N–H and O–H groups in total. The molecule has 0 radical (unpaired) electrons. The molecule has 0 spiro atoms. The zero-order chi connectivity index (χ0) is 21.1. The van der Waals surface area contributed by atoms with Crippen molar-refractivity contribution < 1.29 is 28.7 Å². The number of esters is 1. The van der Waals surface area contributed by atoms with E-state index in [4.69, 9.17) is 18.9 Å². The zero-order valence-corrected chi connectivity index (χ0v) is 16.2. The second-order valence-corrected chi connectivity index (χ2v) is 6.00. The van der Waals surface area contributed by atoms with E-state index in [0.29, 0.717) is 33.9 Å². The van der Waals surface area contributed by atoms with Gasteiger partial charge in [0, 0.05) is 17.2 Å². The van der Waals surface area contributed by atoms with Crippen molar-refractivity contribution in [1.29, 1.82) is 0 Å². The number of hydrogen-bond donors (Lipinski definition) is 0. The number of hydrogen-bond acceptors (Lipinski definition) is 8. The third-order valence-corrected chi connectivity index (χ3v) is 4.34. The summed E-state index contributed by atoms with van der Waals surface area (Å²) in [7, 11) is 4.46. The summed E-state index contributed by atoms with van der Waals surface area (Å²) in [6.45, 7) is 1.57. The van der Waals surface area contributed by atoms with E-state index in [-0.39, 0.29) is 17.3 Å². The van der Waals surface area contributed by atoms with E-state index in [0.717, 1.165) is 0 Å². The van der Waals surface area contributed by atoms with Crippen molar-refractivity contribution in [3.05, 3.63) is 62.8 Å². The minimum absolute atomic E-state index is 0.00916. The van der Waals surface area contributed by atoms with Crippen LogP contribution in [0.4, 0.5) is 5.69 Å². The summed E-state index contributed by atoms with van der Waals surface area (Å²) in [5, 5.41) is 11.1. The van der Waals surface area contributed by atoms with Gasteiger partial charge in [-0.25, -0.2) is 9.79 Å². The third-order valence-electron chi connectivity index (χ3n) is 4.34. The SMILES string of the molecule is COc1cc(C=C2N=C(c3cccc([N+](=O)[O-])c3C)OC2=O)cc(OC)c1OC. The van der Waals surface area contributed by atoms with Crippen LogP contribution >= 0.6 is 0 Å². The number of nitrogens with zero attached hydrogens (tertiary/aromatic N) is 2. The Morgan fingerprint density at radius 2 is 1.76 bits per heavy atom. The topological polar surface area (TPSA) is 109 Å². The van der Waals surface area contributed by atoms with Gasteiger partial charge in [-0.2, -0.15) is 0 Å². The number of cyclic esters (lactones) is 1. The standard InChI is InChI=1S/C20H18N2O7/c1-11-13(6-5-7-15(11)22(24)25)19-21-14(20(23)29-19)8-12-9-16(26-2)18(28-4)17(10-12)27-3/h5-10H,1-4H3. The fraction of sp³-hybridized carbons (Fsp3) is 0.200. The van der Waals surface area contributed by atoms with E-state index in [1.165, 1.54) is 39.5 Å². The number of rotatable bonds is 6. The highest BCUT2D eigenvalue weighted by atomic mass is 16.6. The van der Waals surface area contributed by atoms with Crippen LogP contribution in [-0.4, -0.2) is 38.1 Å². The van der Waals surface area contributed by atoms with Crippen molar-refractivity contribution in [3.63, 3.8) is 0 Å². The Morgan fingerprint density at radius 1 is 1.10 bits per heavy atom. The molecule has 2 aromatic rings. The quantitative estimate of drug-likeness (QED) is 0.318. The van der Waals surface area contributed by atoms with Gasteiger partial charge in [-0.15, -0.1) is 0 Å². The Balaban J connectivity index is 2.04. The molecule has 9 heteroatoms. The van der Waals surface area contributed by atoms with Gasteiger partial charge in [-0.1, -0.05) is 6.07 Å². The number of nitro benzene ring substituents is 1. The molecule has 0 atom stereocenters. The molecule has 0 saturated carbocycles. The van der Waals surface area contributed by atoms with Gasteiger partial charge >= 0.3 is 5.97 Å². The van der Waals surface area contributed by atoms with Crippen LogP contribution in [0.5, 0.6) is 17.2 Å². The van der Waals surface area contributed by atoms with E-state index in [9.17, 15) is 14.9 Å². The average Bonchev–Trinajstić information content (AvgIpc) is 3.06. The summed E-state index contributed by atoms with van der Waals surface area (Å²) in [6, 6.07) is 7.82. The molecule has 0 bridgehead atoms. The molecule has 0 amide bonds. The first-order chi connectivity index (χ1) is 13.9. The van der Waals surface area contributed by atoms with E-state index in [1.807, 2.05) is 0 Å². The van der Waals surface area contributed by atoms with Gasteiger partial charge in [0.05, 0.1) is 26.3 Å². The number of carbonyl (C=O) groups excluding carboxylic acids is 1. The van der Waals surface area contributed by atoms with Gasteiger partial charge in [0.15, 0.2) is 17.2 Å². The van der Waals surface area contributed by atoms with Gasteiger partial charge in [-0.05, 0) is 36.8 Å². The Kier molecular flexibility index (Phi) is 5.49.